The average Bonchev–Trinajstić information content (AvgIpc) is 3.13. The van der Waals surface area contributed by atoms with Crippen molar-refractivity contribution in [1.82, 2.24) is 4.90 Å². The van der Waals surface area contributed by atoms with E-state index in [2.05, 4.69) is 0 Å². The van der Waals surface area contributed by atoms with Crippen molar-refractivity contribution in [2.45, 2.75) is 20.4 Å². The predicted molar refractivity (Wildman–Crippen MR) is 85.6 cm³/mol. The van der Waals surface area contributed by atoms with Gasteiger partial charge in [-0.05, 0) is 43.5 Å². The van der Waals surface area contributed by atoms with Crippen molar-refractivity contribution in [2.24, 2.45) is 0 Å². The minimum absolute atomic E-state index is 0.162. The van der Waals surface area contributed by atoms with Gasteiger partial charge >= 0.3 is 0 Å². The zero-order valence-electron chi connectivity index (χ0n) is 12.4. The number of carbonyl (C=O) groups excluding carboxylic acids is 1. The fraction of sp³-hybridized carbons (Fsp3) is 0.235. The predicted octanol–water partition coefficient (Wildman–Crippen LogP) is 4.60. The van der Waals surface area contributed by atoms with Gasteiger partial charge < -0.3 is 9.32 Å². The summed E-state index contributed by atoms with van der Waals surface area (Å²) in [7, 11) is 0. The van der Waals surface area contributed by atoms with Crippen LogP contribution in [0.3, 0.4) is 0 Å². The molecule has 1 aromatic carbocycles. The third kappa shape index (κ3) is 2.64. The Kier molecular flexibility index (Phi) is 3.98. The average molecular weight is 317 g/mol. The molecule has 0 unspecified atom stereocenters. The molecule has 3 aromatic rings. The van der Waals surface area contributed by atoms with Crippen LogP contribution in [0.5, 0.6) is 0 Å². The fourth-order valence-corrected chi connectivity index (χ4v) is 3.18. The monoisotopic (exact) mass is 317 g/mol. The van der Waals surface area contributed by atoms with Crippen molar-refractivity contribution in [3.8, 4) is 0 Å². The lowest BCUT2D eigenvalue weighted by atomic mass is 10.1. The summed E-state index contributed by atoms with van der Waals surface area (Å²) >= 11 is 1.62. The SMILES string of the molecule is CCN(Cc1cccs1)C(=O)c1oc2ccc(F)cc2c1C. The fourth-order valence-electron chi connectivity index (χ4n) is 2.46. The van der Waals surface area contributed by atoms with Crippen molar-refractivity contribution >= 4 is 28.2 Å². The van der Waals surface area contributed by atoms with Crippen LogP contribution in [-0.2, 0) is 6.54 Å². The van der Waals surface area contributed by atoms with E-state index in [-0.39, 0.29) is 11.7 Å². The molecule has 0 fully saturated rings. The molecule has 2 aromatic heterocycles. The Bertz CT molecular complexity index is 808. The lowest BCUT2D eigenvalue weighted by molar-refractivity contribution is 0.0723. The maximum Gasteiger partial charge on any atom is 0.290 e. The molecule has 0 bridgehead atoms. The second-order valence-corrected chi connectivity index (χ2v) is 6.13. The maximum absolute atomic E-state index is 13.4. The van der Waals surface area contributed by atoms with Gasteiger partial charge in [-0.1, -0.05) is 6.07 Å². The van der Waals surface area contributed by atoms with Gasteiger partial charge in [0.15, 0.2) is 5.76 Å². The molecule has 22 heavy (non-hydrogen) atoms. The van der Waals surface area contributed by atoms with Gasteiger partial charge in [0.1, 0.15) is 11.4 Å². The van der Waals surface area contributed by atoms with Crippen LogP contribution in [0.1, 0.15) is 27.9 Å². The molecule has 5 heteroatoms. The van der Waals surface area contributed by atoms with E-state index in [1.54, 1.807) is 29.2 Å². The molecule has 0 aliphatic rings. The molecule has 114 valence electrons. The van der Waals surface area contributed by atoms with E-state index in [9.17, 15) is 9.18 Å². The molecule has 0 spiro atoms. The summed E-state index contributed by atoms with van der Waals surface area (Å²) in [5.41, 5.74) is 1.22. The number of aryl methyl sites for hydroxylation is 1. The van der Waals surface area contributed by atoms with Crippen molar-refractivity contribution < 1.29 is 13.6 Å². The number of benzene rings is 1. The number of thiophene rings is 1. The van der Waals surface area contributed by atoms with Gasteiger partial charge in [-0.3, -0.25) is 4.79 Å². The lowest BCUT2D eigenvalue weighted by Crippen LogP contribution is -2.30. The number of halogens is 1. The highest BCUT2D eigenvalue weighted by atomic mass is 32.1. The second-order valence-electron chi connectivity index (χ2n) is 5.10. The van der Waals surface area contributed by atoms with E-state index >= 15 is 0 Å². The Morgan fingerprint density at radius 2 is 2.18 bits per heavy atom. The summed E-state index contributed by atoms with van der Waals surface area (Å²) in [5, 5.41) is 2.64. The first-order chi connectivity index (χ1) is 10.6. The minimum Gasteiger partial charge on any atom is -0.451 e. The quantitative estimate of drug-likeness (QED) is 0.704. The summed E-state index contributed by atoms with van der Waals surface area (Å²) in [6.07, 6.45) is 0. The molecule has 0 saturated carbocycles. The highest BCUT2D eigenvalue weighted by Crippen LogP contribution is 2.27. The Hall–Kier alpha value is -2.14. The van der Waals surface area contributed by atoms with Crippen LogP contribution in [0.15, 0.2) is 40.1 Å². The molecule has 0 saturated heterocycles. The first-order valence-corrected chi connectivity index (χ1v) is 7.98. The Labute approximate surface area is 132 Å². The van der Waals surface area contributed by atoms with Crippen molar-refractivity contribution in [3.05, 3.63) is 57.7 Å². The van der Waals surface area contributed by atoms with Gasteiger partial charge in [0.25, 0.3) is 5.91 Å². The van der Waals surface area contributed by atoms with E-state index in [0.29, 0.717) is 35.4 Å². The number of furan rings is 1. The molecule has 0 N–H and O–H groups in total. The molecule has 2 heterocycles. The Morgan fingerprint density at radius 3 is 2.86 bits per heavy atom. The van der Waals surface area contributed by atoms with E-state index in [1.165, 1.54) is 12.1 Å². The third-order valence-corrected chi connectivity index (χ3v) is 4.55. The number of rotatable bonds is 4. The second kappa shape index (κ2) is 5.93. The number of fused-ring (bicyclic) bond motifs is 1. The van der Waals surface area contributed by atoms with Crippen LogP contribution < -0.4 is 0 Å². The van der Waals surface area contributed by atoms with E-state index in [0.717, 1.165) is 4.88 Å². The number of hydrogen-bond donors (Lipinski definition) is 0. The Balaban J connectivity index is 1.95. The summed E-state index contributed by atoms with van der Waals surface area (Å²) in [5.74, 6) is -0.203. The minimum atomic E-state index is -0.332. The van der Waals surface area contributed by atoms with Gasteiger partial charge in [-0.25, -0.2) is 4.39 Å². The van der Waals surface area contributed by atoms with Gasteiger partial charge in [0.05, 0.1) is 6.54 Å². The molecule has 3 rings (SSSR count). The van der Waals surface area contributed by atoms with Crippen LogP contribution >= 0.6 is 11.3 Å². The third-order valence-electron chi connectivity index (χ3n) is 3.69. The lowest BCUT2D eigenvalue weighted by Gasteiger charge is -2.19. The zero-order chi connectivity index (χ0) is 15.7. The van der Waals surface area contributed by atoms with Crippen molar-refractivity contribution in [2.75, 3.05) is 6.54 Å². The molecule has 0 aliphatic carbocycles. The van der Waals surface area contributed by atoms with Crippen LogP contribution in [0.25, 0.3) is 11.0 Å². The summed E-state index contributed by atoms with van der Waals surface area (Å²) in [6.45, 7) is 4.86. The highest BCUT2D eigenvalue weighted by Gasteiger charge is 2.23. The smallest absolute Gasteiger partial charge is 0.290 e. The zero-order valence-corrected chi connectivity index (χ0v) is 13.2. The molecular formula is C17H16FNO2S. The number of carbonyl (C=O) groups is 1. The van der Waals surface area contributed by atoms with Gasteiger partial charge in [-0.2, -0.15) is 0 Å². The largest absolute Gasteiger partial charge is 0.451 e. The highest BCUT2D eigenvalue weighted by molar-refractivity contribution is 7.09. The van der Waals surface area contributed by atoms with Crippen LogP contribution in [-0.4, -0.2) is 17.4 Å². The van der Waals surface area contributed by atoms with Crippen LogP contribution in [0.2, 0.25) is 0 Å². The first-order valence-electron chi connectivity index (χ1n) is 7.10. The van der Waals surface area contributed by atoms with Crippen LogP contribution in [0.4, 0.5) is 4.39 Å². The molecule has 3 nitrogen and oxygen atoms in total. The van der Waals surface area contributed by atoms with E-state index in [4.69, 9.17) is 4.42 Å². The summed E-state index contributed by atoms with van der Waals surface area (Å²) < 4.78 is 19.0. The number of nitrogens with zero attached hydrogens (tertiary/aromatic N) is 1. The number of amides is 1. The number of hydrogen-bond acceptors (Lipinski definition) is 3. The molecule has 0 radical (unpaired) electrons. The van der Waals surface area contributed by atoms with Crippen LogP contribution in [0, 0.1) is 12.7 Å². The van der Waals surface area contributed by atoms with Crippen molar-refractivity contribution in [3.63, 3.8) is 0 Å². The van der Waals surface area contributed by atoms with Gasteiger partial charge in [0.2, 0.25) is 0 Å². The Morgan fingerprint density at radius 1 is 1.36 bits per heavy atom. The summed E-state index contributed by atoms with van der Waals surface area (Å²) in [6, 6.07) is 8.27. The standard InChI is InChI=1S/C17H16FNO2S/c1-3-19(10-13-5-4-8-22-13)17(20)16-11(2)14-9-12(18)6-7-15(14)21-16/h4-9H,3,10H2,1-2H3. The van der Waals surface area contributed by atoms with Gasteiger partial charge in [0, 0.05) is 22.4 Å². The molecule has 1 amide bonds. The van der Waals surface area contributed by atoms with E-state index in [1.807, 2.05) is 24.4 Å². The van der Waals surface area contributed by atoms with Gasteiger partial charge in [-0.15, -0.1) is 11.3 Å². The first kappa shape index (κ1) is 14.8. The normalized spacial score (nSPS) is 11.0. The van der Waals surface area contributed by atoms with E-state index < -0.39 is 0 Å². The topological polar surface area (TPSA) is 33.5 Å². The maximum atomic E-state index is 13.4. The molecule has 0 atom stereocenters. The van der Waals surface area contributed by atoms with Crippen molar-refractivity contribution in [1.29, 1.82) is 0 Å². The summed E-state index contributed by atoms with van der Waals surface area (Å²) in [4.78, 5) is 15.6. The molecular weight excluding hydrogens is 301 g/mol. The molecule has 0 aliphatic heterocycles.